The molecule has 8 heteroatoms. The zero-order valence-electron chi connectivity index (χ0n) is 31.3. The lowest BCUT2D eigenvalue weighted by molar-refractivity contribution is -0.157. The van der Waals surface area contributed by atoms with Crippen LogP contribution in [-0.4, -0.2) is 47.0 Å². The summed E-state index contributed by atoms with van der Waals surface area (Å²) in [5, 5.41) is 2.82. The van der Waals surface area contributed by atoms with Gasteiger partial charge in [0.15, 0.2) is 0 Å². The summed E-state index contributed by atoms with van der Waals surface area (Å²) in [6.07, 6.45) is 3.09. The van der Waals surface area contributed by atoms with Crippen molar-refractivity contribution < 1.29 is 23.8 Å². The van der Waals surface area contributed by atoms with Crippen molar-refractivity contribution in [1.29, 1.82) is 0 Å². The molecule has 1 aliphatic carbocycles. The molecule has 0 saturated carbocycles. The van der Waals surface area contributed by atoms with Crippen molar-refractivity contribution in [2.45, 2.75) is 57.2 Å². The van der Waals surface area contributed by atoms with E-state index in [0.29, 0.717) is 5.69 Å². The zero-order chi connectivity index (χ0) is 37.9. The smallest absolute Gasteiger partial charge is 0.407 e. The fourth-order valence-corrected chi connectivity index (χ4v) is 7.46. The van der Waals surface area contributed by atoms with Crippen molar-refractivity contribution >= 4 is 12.1 Å². The summed E-state index contributed by atoms with van der Waals surface area (Å²) in [5.74, 6) is 0.0497. The molecule has 0 aliphatic heterocycles. The molecule has 1 aromatic heterocycles. The minimum Gasteiger partial charge on any atom is -0.497 e. The van der Waals surface area contributed by atoms with Gasteiger partial charge in [0.2, 0.25) is 0 Å². The Kier molecular flexibility index (Phi) is 10.1. The van der Waals surface area contributed by atoms with Crippen molar-refractivity contribution in [3.8, 4) is 16.9 Å². The van der Waals surface area contributed by atoms with Gasteiger partial charge in [-0.25, -0.2) is 14.6 Å². The minimum absolute atomic E-state index is 0.0769. The predicted octanol–water partition coefficient (Wildman–Crippen LogP) is 8.83. The number of esters is 1. The number of fused-ring (bicyclic) bond motifs is 3. The first-order valence-corrected chi connectivity index (χ1v) is 18.2. The number of hydrogen-bond donors (Lipinski definition) is 1. The topological polar surface area (TPSA) is 91.7 Å². The van der Waals surface area contributed by atoms with Crippen molar-refractivity contribution in [3.05, 3.63) is 179 Å². The summed E-state index contributed by atoms with van der Waals surface area (Å²) in [4.78, 5) is 32.1. The second kappa shape index (κ2) is 15.1. The number of aryl methyl sites for hydroxylation is 1. The second-order valence-corrected chi connectivity index (χ2v) is 14.7. The van der Waals surface area contributed by atoms with E-state index >= 15 is 0 Å². The number of aromatic nitrogens is 2. The Labute approximate surface area is 316 Å². The molecule has 0 spiro atoms. The van der Waals surface area contributed by atoms with Gasteiger partial charge >= 0.3 is 12.1 Å². The van der Waals surface area contributed by atoms with Crippen LogP contribution in [0, 0.1) is 6.92 Å². The molecule has 0 saturated heterocycles. The molecule has 54 heavy (non-hydrogen) atoms. The largest absolute Gasteiger partial charge is 0.497 e. The SMILES string of the molecule is COc1ccc(C(c2ccccc2)(c2ccc(C)cc2)n2cnc(C[C@H](NC(=O)OCC3c4ccccc4-c4ccccc43)C(=O)OC(C)(C)C)c2)cc1. The summed E-state index contributed by atoms with van der Waals surface area (Å²) in [6, 6.07) is 42.0. The van der Waals surface area contributed by atoms with E-state index in [-0.39, 0.29) is 18.9 Å². The molecular weight excluding hydrogens is 675 g/mol. The van der Waals surface area contributed by atoms with Crippen LogP contribution in [0.15, 0.2) is 140 Å². The highest BCUT2D eigenvalue weighted by atomic mass is 16.6. The summed E-state index contributed by atoms with van der Waals surface area (Å²) in [6.45, 7) is 7.59. The second-order valence-electron chi connectivity index (χ2n) is 14.7. The van der Waals surface area contributed by atoms with E-state index in [1.165, 1.54) is 0 Å². The Balaban J connectivity index is 1.20. The Morgan fingerprint density at radius 3 is 1.91 bits per heavy atom. The molecule has 274 valence electrons. The first-order chi connectivity index (χ1) is 26.1. The van der Waals surface area contributed by atoms with E-state index in [4.69, 9.17) is 19.2 Å². The highest BCUT2D eigenvalue weighted by Gasteiger charge is 2.39. The van der Waals surface area contributed by atoms with E-state index in [2.05, 4.69) is 89.6 Å². The van der Waals surface area contributed by atoms with E-state index in [1.54, 1.807) is 34.2 Å². The lowest BCUT2D eigenvalue weighted by Crippen LogP contribution is -2.46. The van der Waals surface area contributed by atoms with Crippen LogP contribution in [-0.2, 0) is 26.2 Å². The third-order valence-electron chi connectivity index (χ3n) is 9.93. The molecule has 7 rings (SSSR count). The normalized spacial score (nSPS) is 13.9. The van der Waals surface area contributed by atoms with Crippen LogP contribution in [0.1, 0.15) is 65.8 Å². The van der Waals surface area contributed by atoms with E-state index in [9.17, 15) is 9.59 Å². The number of ether oxygens (including phenoxy) is 3. The first kappa shape index (κ1) is 36.2. The number of carbonyl (C=O) groups is 2. The summed E-state index contributed by atoms with van der Waals surface area (Å²) < 4.78 is 19.3. The number of amides is 1. The molecule has 1 heterocycles. The number of rotatable bonds is 11. The van der Waals surface area contributed by atoms with Crippen molar-refractivity contribution in [2.24, 2.45) is 0 Å². The molecule has 0 fully saturated rings. The fourth-order valence-electron chi connectivity index (χ4n) is 7.46. The number of methoxy groups -OCH3 is 1. The third-order valence-corrected chi connectivity index (χ3v) is 9.93. The van der Waals surface area contributed by atoms with Gasteiger partial charge < -0.3 is 24.1 Å². The molecule has 6 aromatic rings. The van der Waals surface area contributed by atoms with Gasteiger partial charge in [0.1, 0.15) is 29.5 Å². The number of alkyl carbamates (subject to hydrolysis) is 1. The number of carbonyl (C=O) groups excluding carboxylic acids is 2. The van der Waals surface area contributed by atoms with Gasteiger partial charge in [0.05, 0.1) is 19.1 Å². The van der Waals surface area contributed by atoms with E-state index in [0.717, 1.165) is 50.3 Å². The Hall–Kier alpha value is -6.15. The van der Waals surface area contributed by atoms with Gasteiger partial charge in [-0.05, 0) is 78.8 Å². The van der Waals surface area contributed by atoms with E-state index in [1.807, 2.05) is 60.8 Å². The number of nitrogens with zero attached hydrogens (tertiary/aromatic N) is 2. The zero-order valence-corrected chi connectivity index (χ0v) is 31.3. The Morgan fingerprint density at radius 2 is 1.31 bits per heavy atom. The molecule has 1 N–H and O–H groups in total. The third kappa shape index (κ3) is 7.24. The first-order valence-electron chi connectivity index (χ1n) is 18.2. The van der Waals surface area contributed by atoms with Crippen molar-refractivity contribution in [1.82, 2.24) is 14.9 Å². The predicted molar refractivity (Wildman–Crippen MR) is 210 cm³/mol. The minimum atomic E-state index is -1.06. The van der Waals surface area contributed by atoms with E-state index < -0.39 is 29.2 Å². The standard InChI is InChI=1S/C46H45N3O5/c1-31-19-21-33(22-20-31)46(32-13-7-6-8-14-32,34-23-25-36(52-5)26-24-34)49-28-35(47-30-49)27-42(43(50)54-45(2,3)4)48-44(51)53-29-41-39-17-11-9-15-37(39)38-16-10-12-18-40(38)41/h6-26,28,30,41-42H,27,29H2,1-5H3,(H,48,51)/t42-,46?/m0/s1. The van der Waals surface area contributed by atoms with Gasteiger partial charge in [0, 0.05) is 18.5 Å². The fraction of sp³-hybridized carbons (Fsp3) is 0.239. The molecule has 1 unspecified atom stereocenters. The number of nitrogens with one attached hydrogen (secondary N) is 1. The number of imidazole rings is 1. The molecular formula is C46H45N3O5. The maximum Gasteiger partial charge on any atom is 0.407 e. The molecule has 5 aromatic carbocycles. The number of hydrogen-bond acceptors (Lipinski definition) is 6. The quantitative estimate of drug-likeness (QED) is 0.106. The average molecular weight is 720 g/mol. The average Bonchev–Trinajstić information content (AvgIpc) is 3.77. The molecule has 0 radical (unpaired) electrons. The maximum atomic E-state index is 13.7. The van der Waals surface area contributed by atoms with Crippen LogP contribution in [0.4, 0.5) is 4.79 Å². The monoisotopic (exact) mass is 719 g/mol. The number of benzene rings is 5. The Morgan fingerprint density at radius 1 is 0.759 bits per heavy atom. The van der Waals surface area contributed by atoms with Crippen LogP contribution in [0.3, 0.4) is 0 Å². The molecule has 1 aliphatic rings. The maximum absolute atomic E-state index is 13.7. The van der Waals surface area contributed by atoms with Gasteiger partial charge in [-0.3, -0.25) is 0 Å². The van der Waals surface area contributed by atoms with Crippen LogP contribution < -0.4 is 10.1 Å². The van der Waals surface area contributed by atoms with Crippen LogP contribution in [0.25, 0.3) is 11.1 Å². The van der Waals surface area contributed by atoms with Crippen LogP contribution >= 0.6 is 0 Å². The van der Waals surface area contributed by atoms with Crippen molar-refractivity contribution in [2.75, 3.05) is 13.7 Å². The lowest BCUT2D eigenvalue weighted by atomic mass is 9.76. The van der Waals surface area contributed by atoms with Crippen LogP contribution in [0.2, 0.25) is 0 Å². The van der Waals surface area contributed by atoms with Crippen molar-refractivity contribution in [3.63, 3.8) is 0 Å². The highest BCUT2D eigenvalue weighted by molar-refractivity contribution is 5.82. The summed E-state index contributed by atoms with van der Waals surface area (Å²) in [7, 11) is 1.65. The van der Waals surface area contributed by atoms with Gasteiger partial charge in [-0.1, -0.05) is 121 Å². The molecule has 0 bridgehead atoms. The molecule has 8 nitrogen and oxygen atoms in total. The lowest BCUT2D eigenvalue weighted by Gasteiger charge is -2.37. The highest BCUT2D eigenvalue weighted by Crippen LogP contribution is 2.45. The summed E-state index contributed by atoms with van der Waals surface area (Å²) in [5.41, 5.74) is 7.62. The molecule has 1 amide bonds. The van der Waals surface area contributed by atoms with Gasteiger partial charge in [0.25, 0.3) is 0 Å². The van der Waals surface area contributed by atoms with Crippen LogP contribution in [0.5, 0.6) is 5.75 Å². The Bertz CT molecular complexity index is 2190. The van der Waals surface area contributed by atoms with Gasteiger partial charge in [-0.15, -0.1) is 0 Å². The molecule has 2 atom stereocenters. The summed E-state index contributed by atoms with van der Waals surface area (Å²) >= 11 is 0. The van der Waals surface area contributed by atoms with Gasteiger partial charge in [-0.2, -0.15) is 0 Å².